The number of nitrogens with one attached hydrogen (secondary N) is 2. The highest BCUT2D eigenvalue weighted by molar-refractivity contribution is 5.94. The number of benzene rings is 2. The highest BCUT2D eigenvalue weighted by Crippen LogP contribution is 2.37. The molecule has 6 aromatic rings. The van der Waals surface area contributed by atoms with Crippen molar-refractivity contribution in [3.05, 3.63) is 89.9 Å². The van der Waals surface area contributed by atoms with Crippen LogP contribution in [0.1, 0.15) is 12.2 Å². The van der Waals surface area contributed by atoms with E-state index in [2.05, 4.69) is 20.7 Å². The fourth-order valence-electron chi connectivity index (χ4n) is 8.23. The monoisotopic (exact) mass is 794 g/mol. The summed E-state index contributed by atoms with van der Waals surface area (Å²) < 4.78 is 59.6. The molecule has 9 rings (SSSR count). The van der Waals surface area contributed by atoms with E-state index in [0.717, 1.165) is 23.3 Å². The van der Waals surface area contributed by atoms with E-state index in [-0.39, 0.29) is 35.8 Å². The molecule has 4 bridgehead atoms. The summed E-state index contributed by atoms with van der Waals surface area (Å²) in [5, 5.41) is 11.6. The van der Waals surface area contributed by atoms with Crippen molar-refractivity contribution in [3.8, 4) is 16.9 Å². The molecule has 3 atom stereocenters. The Morgan fingerprint density at radius 1 is 1.02 bits per heavy atom. The number of likely N-dealkylation sites (N-methyl/N-ethyl adjacent to an activating group) is 1. The van der Waals surface area contributed by atoms with Gasteiger partial charge in [-0.1, -0.05) is 6.07 Å². The molecule has 58 heavy (non-hydrogen) atoms. The lowest BCUT2D eigenvalue weighted by atomic mass is 10.1. The summed E-state index contributed by atoms with van der Waals surface area (Å²) in [4.78, 5) is 40.0. The molecule has 18 heteroatoms. The van der Waals surface area contributed by atoms with Crippen molar-refractivity contribution in [1.29, 1.82) is 0 Å². The largest absolute Gasteiger partial charge is 0.392 e. The van der Waals surface area contributed by atoms with Gasteiger partial charge in [-0.05, 0) is 43.7 Å². The Morgan fingerprint density at radius 3 is 2.69 bits per heavy atom. The number of aromatic nitrogens is 7. The molecule has 0 saturated carbocycles. The molecule has 1 amide bonds. The molecule has 3 aliphatic rings. The van der Waals surface area contributed by atoms with Crippen molar-refractivity contribution in [3.63, 3.8) is 0 Å². The normalized spacial score (nSPS) is 20.8. The molecule has 0 spiro atoms. The Balaban J connectivity index is 1.19. The van der Waals surface area contributed by atoms with Crippen molar-refractivity contribution in [2.24, 2.45) is 0 Å². The lowest BCUT2D eigenvalue weighted by molar-refractivity contribution is -0.132. The summed E-state index contributed by atoms with van der Waals surface area (Å²) >= 11 is 0. The topological polar surface area (TPSA) is 144 Å². The van der Waals surface area contributed by atoms with Gasteiger partial charge in [0, 0.05) is 70.8 Å². The molecule has 15 nitrogen and oxygen atoms in total. The van der Waals surface area contributed by atoms with Crippen LogP contribution in [0.5, 0.6) is 0 Å². The third-order valence-corrected chi connectivity index (χ3v) is 10.9. The Kier molecular flexibility index (Phi) is 9.59. The second kappa shape index (κ2) is 14.9. The summed E-state index contributed by atoms with van der Waals surface area (Å²) in [6, 6.07) is 10.6. The minimum atomic E-state index is -0.818. The zero-order valence-corrected chi connectivity index (χ0v) is 32.3. The van der Waals surface area contributed by atoms with Crippen LogP contribution in [-0.4, -0.2) is 117 Å². The average molecular weight is 795 g/mol. The van der Waals surface area contributed by atoms with Crippen LogP contribution in [0.25, 0.3) is 39.0 Å². The number of ether oxygens (including phenoxy) is 2. The van der Waals surface area contributed by atoms with Crippen LogP contribution in [0.3, 0.4) is 0 Å². The van der Waals surface area contributed by atoms with Gasteiger partial charge in [0.1, 0.15) is 40.8 Å². The molecule has 2 saturated heterocycles. The number of fused-ring (bicyclic) bond motifs is 6. The van der Waals surface area contributed by atoms with Gasteiger partial charge >= 0.3 is 0 Å². The van der Waals surface area contributed by atoms with Crippen LogP contribution >= 0.6 is 0 Å². The average Bonchev–Trinajstić information content (AvgIpc) is 3.91. The molecule has 2 aromatic carbocycles. The number of hydrogen-bond donors (Lipinski definition) is 2. The van der Waals surface area contributed by atoms with Crippen LogP contribution in [-0.2, 0) is 20.8 Å². The molecular weight excluding hydrogens is 754 g/mol. The zero-order chi connectivity index (χ0) is 40.2. The van der Waals surface area contributed by atoms with Gasteiger partial charge in [-0.3, -0.25) is 4.79 Å². The number of carbonyl (C=O) groups is 1. The number of carbonyl (C=O) groups excluding carboxylic acids is 1. The van der Waals surface area contributed by atoms with Crippen molar-refractivity contribution < 1.29 is 27.4 Å². The smallest absolute Gasteiger partial charge is 0.245 e. The first-order valence-corrected chi connectivity index (χ1v) is 19.0. The number of hydrogen-bond acceptors (Lipinski definition) is 12. The number of amides is 1. The van der Waals surface area contributed by atoms with Crippen molar-refractivity contribution in [2.75, 3.05) is 69.2 Å². The maximum atomic E-state index is 15.4. The lowest BCUT2D eigenvalue weighted by Gasteiger charge is -2.33. The summed E-state index contributed by atoms with van der Waals surface area (Å²) in [5.74, 6) is -0.247. The molecule has 3 unspecified atom stereocenters. The minimum Gasteiger partial charge on any atom is -0.392 e. The fourth-order valence-corrected chi connectivity index (χ4v) is 8.23. The van der Waals surface area contributed by atoms with Crippen LogP contribution in [0.15, 0.2) is 66.6 Å². The van der Waals surface area contributed by atoms with Crippen LogP contribution in [0.2, 0.25) is 0 Å². The fraction of sp³-hybridized carbons (Fsp3) is 0.350. The van der Waals surface area contributed by atoms with Gasteiger partial charge in [-0.15, -0.1) is 0 Å². The van der Waals surface area contributed by atoms with Gasteiger partial charge < -0.3 is 39.4 Å². The Morgan fingerprint density at radius 2 is 1.88 bits per heavy atom. The van der Waals surface area contributed by atoms with E-state index in [1.807, 2.05) is 39.5 Å². The maximum Gasteiger partial charge on any atom is 0.245 e. The van der Waals surface area contributed by atoms with E-state index in [1.54, 1.807) is 32.3 Å². The van der Waals surface area contributed by atoms with E-state index < -0.39 is 29.6 Å². The number of nitrogens with zero attached hydrogens (tertiary/aromatic N) is 10. The predicted molar refractivity (Wildman–Crippen MR) is 211 cm³/mol. The second-order valence-electron chi connectivity index (χ2n) is 14.7. The standard InChI is InChI=1S/C40H41F3N12O3/c1-22-46-32-14-24(42)12-28-31-6-5-7-35(48-31)47-25-15-34(39(56)51(3)19-27(57-4)20-53(22)36(28)32)54(18-25)37-29-17-45-55(33-9-8-23(41)13-30(33)43)38(29)50-40(49-37)52-10-11-58-21-26(52)16-44-2/h5-9,12-14,16-17,25,27,34,44H,10-11,15,18-21H2,1-4H3,(H,47,48)/b26-16+. The summed E-state index contributed by atoms with van der Waals surface area (Å²) in [6.07, 6.45) is 3.24. The van der Waals surface area contributed by atoms with Gasteiger partial charge in [-0.2, -0.15) is 15.1 Å². The molecule has 2 N–H and O–H groups in total. The van der Waals surface area contributed by atoms with Gasteiger partial charge in [0.2, 0.25) is 11.9 Å². The molecule has 300 valence electrons. The molecule has 3 aliphatic heterocycles. The molecule has 4 aromatic heterocycles. The summed E-state index contributed by atoms with van der Waals surface area (Å²) in [5.41, 5.74) is 3.38. The highest BCUT2D eigenvalue weighted by Gasteiger charge is 2.41. The van der Waals surface area contributed by atoms with Crippen LogP contribution < -0.4 is 20.4 Å². The minimum absolute atomic E-state index is 0.00171. The molecular formula is C40H41F3N12O3. The second-order valence-corrected chi connectivity index (χ2v) is 14.7. The van der Waals surface area contributed by atoms with Crippen LogP contribution in [0.4, 0.5) is 30.8 Å². The third-order valence-electron chi connectivity index (χ3n) is 10.9. The summed E-state index contributed by atoms with van der Waals surface area (Å²) in [7, 11) is 5.12. The van der Waals surface area contributed by atoms with E-state index >= 15 is 8.78 Å². The van der Waals surface area contributed by atoms with Gasteiger partial charge in [0.25, 0.3) is 0 Å². The Bertz CT molecular complexity index is 2590. The Hall–Kier alpha value is -6.27. The predicted octanol–water partition coefficient (Wildman–Crippen LogP) is 4.40. The number of morpholine rings is 1. The van der Waals surface area contributed by atoms with Crippen LogP contribution in [0, 0.1) is 24.4 Å². The SMILES string of the molecule is CN/C=C1\COCCN1c1nc(N2CC3CC2C(=O)N(C)CC(OC)Cn2c(C)nc4cc(F)cc(c42)-c2cccc(n2)N3)c2cnn(-c3ccc(F)cc3F)c2n1. The van der Waals surface area contributed by atoms with E-state index in [0.29, 0.717) is 78.9 Å². The first-order chi connectivity index (χ1) is 28.1. The molecule has 0 aliphatic carbocycles. The number of methoxy groups -OCH3 is 1. The number of imidazole rings is 1. The number of anilines is 3. The molecule has 2 fully saturated rings. The zero-order valence-electron chi connectivity index (χ0n) is 32.3. The van der Waals surface area contributed by atoms with Gasteiger partial charge in [-0.25, -0.2) is 27.8 Å². The first kappa shape index (κ1) is 37.3. The quantitative estimate of drug-likeness (QED) is 0.256. The number of aryl methyl sites for hydroxylation is 1. The Labute approximate surface area is 331 Å². The van der Waals surface area contributed by atoms with Gasteiger partial charge in [0.05, 0.1) is 59.9 Å². The number of halogens is 3. The first-order valence-electron chi connectivity index (χ1n) is 19.0. The number of pyridine rings is 1. The van der Waals surface area contributed by atoms with E-state index in [1.165, 1.54) is 29.1 Å². The lowest BCUT2D eigenvalue weighted by Crippen LogP contribution is -2.47. The highest BCUT2D eigenvalue weighted by atomic mass is 19.1. The van der Waals surface area contributed by atoms with Crippen molar-refractivity contribution >= 4 is 45.6 Å². The van der Waals surface area contributed by atoms with Crippen molar-refractivity contribution in [2.45, 2.75) is 38.1 Å². The van der Waals surface area contributed by atoms with E-state index in [4.69, 9.17) is 24.4 Å². The van der Waals surface area contributed by atoms with E-state index in [9.17, 15) is 9.18 Å². The summed E-state index contributed by atoms with van der Waals surface area (Å²) in [6.45, 7) is 3.85. The van der Waals surface area contributed by atoms with Crippen molar-refractivity contribution in [1.82, 2.24) is 44.5 Å². The maximum absolute atomic E-state index is 15.4. The van der Waals surface area contributed by atoms with Gasteiger partial charge in [0.15, 0.2) is 11.5 Å². The third kappa shape index (κ3) is 6.60. The molecule has 7 heterocycles. The molecule has 0 radical (unpaired) electrons. The number of rotatable bonds is 5.